The Morgan fingerprint density at radius 2 is 1.00 bits per heavy atom. The quantitative estimate of drug-likeness (QED) is 0.186. The molecule has 0 aliphatic carbocycles. The molecule has 0 saturated heterocycles. The lowest BCUT2D eigenvalue weighted by molar-refractivity contribution is -0.903. The fraction of sp³-hybridized carbons (Fsp3) is 0.760. The predicted molar refractivity (Wildman–Crippen MR) is 128 cm³/mol. The van der Waals surface area contributed by atoms with Gasteiger partial charge in [0.05, 0.1) is 20.6 Å². The van der Waals surface area contributed by atoms with Crippen LogP contribution in [-0.2, 0) is 6.54 Å². The molecular weight excluding hydrogens is 346 g/mol. The average Bonchev–Trinajstić information content (AvgIpc) is 2.62. The Bertz CT molecular complexity index is 416. The fourth-order valence-corrected chi connectivity index (χ4v) is 3.89. The van der Waals surface area contributed by atoms with Crippen molar-refractivity contribution in [3.8, 4) is 0 Å². The van der Waals surface area contributed by atoms with Gasteiger partial charge in [-0.05, 0) is 12.8 Å². The maximum Gasteiger partial charge on any atom is 0.104 e. The van der Waals surface area contributed by atoms with Crippen molar-refractivity contribution in [1.29, 1.82) is 0 Å². The van der Waals surface area contributed by atoms with Gasteiger partial charge in [0.2, 0.25) is 0 Å². The summed E-state index contributed by atoms with van der Waals surface area (Å²) in [6.45, 7) is 4.75. The third-order valence-electron chi connectivity index (χ3n) is 5.57. The summed E-state index contributed by atoms with van der Waals surface area (Å²) in [5, 5.41) is 0. The van der Waals surface area contributed by atoms with Gasteiger partial charge < -0.3 is 4.48 Å². The first-order valence-electron chi connectivity index (χ1n) is 11.5. The Balaban J connectivity index is 0.00000676. The second-order valence-electron chi connectivity index (χ2n) is 8.90. The van der Waals surface area contributed by atoms with Crippen molar-refractivity contribution in [2.75, 3.05) is 20.6 Å². The maximum atomic E-state index is 2.37. The van der Waals surface area contributed by atoms with Crippen LogP contribution in [0, 0.1) is 0 Å². The van der Waals surface area contributed by atoms with Crippen LogP contribution in [-0.4, -0.2) is 25.1 Å². The minimum Gasteiger partial charge on any atom is -0.325 e. The molecule has 1 aromatic carbocycles. The second kappa shape index (κ2) is 17.6. The number of unbranched alkanes of at least 4 members (excludes halogenated alkanes) is 13. The predicted octanol–water partition coefficient (Wildman–Crippen LogP) is 7.86. The molecule has 0 heterocycles. The molecule has 1 nitrogen and oxygen atoms in total. The van der Waals surface area contributed by atoms with Crippen molar-refractivity contribution in [1.82, 2.24) is 0 Å². The number of hydrogen-bond donors (Lipinski definition) is 0. The lowest BCUT2D eigenvalue weighted by Gasteiger charge is -2.30. The first-order valence-corrected chi connectivity index (χ1v) is 11.5. The van der Waals surface area contributed by atoms with Gasteiger partial charge in [-0.1, -0.05) is 114 Å². The highest BCUT2D eigenvalue weighted by molar-refractivity contribution is 7.59. The van der Waals surface area contributed by atoms with Gasteiger partial charge in [0.15, 0.2) is 0 Å². The number of quaternary nitrogens is 1. The van der Waals surface area contributed by atoms with Crippen LogP contribution in [0.4, 0.5) is 0 Å². The number of rotatable bonds is 17. The molecule has 0 amide bonds. The highest BCUT2D eigenvalue weighted by Crippen LogP contribution is 2.14. The van der Waals surface area contributed by atoms with Gasteiger partial charge in [-0.15, -0.1) is 0 Å². The average molecular weight is 395 g/mol. The molecule has 0 saturated carbocycles. The Labute approximate surface area is 178 Å². The van der Waals surface area contributed by atoms with Gasteiger partial charge in [0.1, 0.15) is 6.54 Å². The molecule has 0 fully saturated rings. The van der Waals surface area contributed by atoms with Crippen LogP contribution in [0.5, 0.6) is 0 Å². The Kier molecular flexibility index (Phi) is 17.3. The Morgan fingerprint density at radius 3 is 1.44 bits per heavy atom. The van der Waals surface area contributed by atoms with Crippen LogP contribution >= 0.6 is 13.5 Å². The summed E-state index contributed by atoms with van der Waals surface area (Å²) in [4.78, 5) is 0. The minimum absolute atomic E-state index is 0. The summed E-state index contributed by atoms with van der Waals surface area (Å²) in [6.07, 6.45) is 20.2. The number of hydrogen-bond acceptors (Lipinski definition) is 0. The van der Waals surface area contributed by atoms with Gasteiger partial charge in [0, 0.05) is 5.56 Å². The molecule has 0 atom stereocenters. The van der Waals surface area contributed by atoms with E-state index in [0.29, 0.717) is 0 Å². The molecule has 0 radical (unpaired) electrons. The van der Waals surface area contributed by atoms with Gasteiger partial charge in [-0.25, -0.2) is 0 Å². The van der Waals surface area contributed by atoms with E-state index in [1.807, 2.05) is 0 Å². The lowest BCUT2D eigenvalue weighted by atomic mass is 10.0. The normalized spacial score (nSPS) is 11.4. The summed E-state index contributed by atoms with van der Waals surface area (Å²) in [6, 6.07) is 10.9. The molecule has 0 aliphatic rings. The lowest BCUT2D eigenvalue weighted by Crippen LogP contribution is -2.39. The number of nitrogens with zero attached hydrogens (tertiary/aromatic N) is 1. The molecule has 0 spiro atoms. The van der Waals surface area contributed by atoms with Crippen LogP contribution in [0.3, 0.4) is 0 Å². The van der Waals surface area contributed by atoms with E-state index < -0.39 is 0 Å². The molecule has 0 aliphatic heterocycles. The maximum absolute atomic E-state index is 2.37. The molecule has 0 N–H and O–H groups in total. The van der Waals surface area contributed by atoms with Crippen molar-refractivity contribution >= 4 is 13.5 Å². The summed E-state index contributed by atoms with van der Waals surface area (Å²) >= 11 is 0. The van der Waals surface area contributed by atoms with E-state index in [4.69, 9.17) is 0 Å². The van der Waals surface area contributed by atoms with Crippen LogP contribution in [0.2, 0.25) is 0 Å². The largest absolute Gasteiger partial charge is 0.325 e. The first kappa shape index (κ1) is 26.5. The molecule has 2 heteroatoms. The highest BCUT2D eigenvalue weighted by atomic mass is 32.1. The zero-order chi connectivity index (χ0) is 18.9. The SMILES string of the molecule is CCCCCCCCCCCCCCCC[N+](C)(C)Cc1ccccc1.S. The van der Waals surface area contributed by atoms with Crippen molar-refractivity contribution in [2.24, 2.45) is 0 Å². The zero-order valence-electron chi connectivity index (χ0n) is 18.6. The monoisotopic (exact) mass is 394 g/mol. The van der Waals surface area contributed by atoms with Crippen LogP contribution in [0.15, 0.2) is 30.3 Å². The Hall–Kier alpha value is -0.470. The van der Waals surface area contributed by atoms with Gasteiger partial charge in [0.25, 0.3) is 0 Å². The van der Waals surface area contributed by atoms with E-state index in [1.165, 1.54) is 102 Å². The fourth-order valence-electron chi connectivity index (χ4n) is 3.89. The van der Waals surface area contributed by atoms with Crippen molar-refractivity contribution in [3.05, 3.63) is 35.9 Å². The van der Waals surface area contributed by atoms with Crippen molar-refractivity contribution in [2.45, 2.75) is 103 Å². The van der Waals surface area contributed by atoms with Crippen LogP contribution in [0.1, 0.15) is 102 Å². The van der Waals surface area contributed by atoms with E-state index in [0.717, 1.165) is 11.0 Å². The van der Waals surface area contributed by atoms with Crippen LogP contribution < -0.4 is 0 Å². The molecule has 0 aromatic heterocycles. The van der Waals surface area contributed by atoms with Crippen molar-refractivity contribution < 1.29 is 4.48 Å². The third-order valence-corrected chi connectivity index (χ3v) is 5.57. The van der Waals surface area contributed by atoms with Crippen LogP contribution in [0.25, 0.3) is 0 Å². The molecule has 1 aromatic rings. The van der Waals surface area contributed by atoms with Gasteiger partial charge in [-0.2, -0.15) is 13.5 Å². The summed E-state index contributed by atoms with van der Waals surface area (Å²) in [5.74, 6) is 0. The summed E-state index contributed by atoms with van der Waals surface area (Å²) in [7, 11) is 4.74. The molecule has 0 bridgehead atoms. The highest BCUT2D eigenvalue weighted by Gasteiger charge is 2.14. The molecule has 158 valence electrons. The van der Waals surface area contributed by atoms with E-state index in [1.54, 1.807) is 0 Å². The van der Waals surface area contributed by atoms with E-state index in [9.17, 15) is 0 Å². The third kappa shape index (κ3) is 16.2. The van der Waals surface area contributed by atoms with Gasteiger partial charge >= 0.3 is 0 Å². The molecule has 1 rings (SSSR count). The zero-order valence-corrected chi connectivity index (χ0v) is 19.6. The Morgan fingerprint density at radius 1 is 0.593 bits per heavy atom. The standard InChI is InChI=1S/C25H46N.H2S/c1-4-5-6-7-8-9-10-11-12-13-14-15-16-20-23-26(2,3)24-25-21-18-17-19-22-25;/h17-19,21-22H,4-16,20,23-24H2,1-3H3;1H2/q+1;. The molecule has 27 heavy (non-hydrogen) atoms. The second-order valence-corrected chi connectivity index (χ2v) is 8.90. The minimum atomic E-state index is 0. The van der Waals surface area contributed by atoms with Crippen molar-refractivity contribution in [3.63, 3.8) is 0 Å². The molecule has 0 unspecified atom stereocenters. The van der Waals surface area contributed by atoms with E-state index in [2.05, 4.69) is 51.4 Å². The first-order chi connectivity index (χ1) is 12.6. The van der Waals surface area contributed by atoms with E-state index >= 15 is 0 Å². The van der Waals surface area contributed by atoms with E-state index in [-0.39, 0.29) is 13.5 Å². The molecular formula is C25H48NS+. The number of benzene rings is 1. The smallest absolute Gasteiger partial charge is 0.104 e. The summed E-state index contributed by atoms with van der Waals surface area (Å²) < 4.78 is 1.11. The topological polar surface area (TPSA) is 0 Å². The van der Waals surface area contributed by atoms with Gasteiger partial charge in [-0.3, -0.25) is 0 Å². The summed E-state index contributed by atoms with van der Waals surface area (Å²) in [5.41, 5.74) is 1.46.